The molecule has 5 heterocycles. The maximum Gasteiger partial charge on any atom is 0.259 e. The lowest BCUT2D eigenvalue weighted by Crippen LogP contribution is -2.53. The first-order valence-electron chi connectivity index (χ1n) is 13.6. The van der Waals surface area contributed by atoms with Gasteiger partial charge in [-0.3, -0.25) is 24.2 Å². The van der Waals surface area contributed by atoms with Crippen molar-refractivity contribution in [3.8, 4) is 5.75 Å². The molecule has 0 aliphatic carbocycles. The molecule has 10 heteroatoms. The summed E-state index contributed by atoms with van der Waals surface area (Å²) < 4.78 is 13.0. The van der Waals surface area contributed by atoms with Crippen molar-refractivity contribution in [1.82, 2.24) is 29.5 Å². The van der Waals surface area contributed by atoms with Crippen LogP contribution in [0.25, 0.3) is 21.8 Å². The van der Waals surface area contributed by atoms with Crippen LogP contribution in [0.4, 0.5) is 0 Å². The number of carbonyl (C=O) groups is 1. The minimum Gasteiger partial charge on any atom is -0.496 e. The average Bonchev–Trinajstić information content (AvgIpc) is 3.40. The molecular weight excluding hydrogens is 496 g/mol. The molecule has 2 saturated heterocycles. The molecule has 3 aromatic heterocycles. The van der Waals surface area contributed by atoms with E-state index >= 15 is 0 Å². The Bertz CT molecular complexity index is 1590. The van der Waals surface area contributed by atoms with Crippen LogP contribution >= 0.6 is 0 Å². The van der Waals surface area contributed by atoms with E-state index in [1.807, 2.05) is 40.9 Å². The van der Waals surface area contributed by atoms with Gasteiger partial charge in [-0.05, 0) is 50.5 Å². The minimum absolute atomic E-state index is 0.0105. The normalized spacial score (nSPS) is 19.2. The van der Waals surface area contributed by atoms with Gasteiger partial charge in [0.2, 0.25) is 0 Å². The van der Waals surface area contributed by atoms with Crippen molar-refractivity contribution >= 4 is 27.7 Å². The summed E-state index contributed by atoms with van der Waals surface area (Å²) in [5, 5.41) is 6.00. The molecule has 1 aromatic carbocycles. The van der Waals surface area contributed by atoms with Crippen LogP contribution in [0.2, 0.25) is 0 Å². The van der Waals surface area contributed by atoms with Crippen LogP contribution in [0, 0.1) is 6.92 Å². The molecule has 6 rings (SSSR count). The summed E-state index contributed by atoms with van der Waals surface area (Å²) in [5.74, 6) is 0.836. The number of pyridine rings is 2. The lowest BCUT2D eigenvalue weighted by molar-refractivity contribution is 0.0492. The number of rotatable bonds is 5. The van der Waals surface area contributed by atoms with E-state index in [9.17, 15) is 9.59 Å². The SMILES string of the molecule is COc1ccncc1CN1CCN(C(=O)c2cc3c(cc2C)[nH]c(=O)c2cnn(C4CCOCC4)c23)C[C@@H]1C. The lowest BCUT2D eigenvalue weighted by atomic mass is 10.0. The molecule has 0 unspecified atom stereocenters. The quantitative estimate of drug-likeness (QED) is 0.422. The summed E-state index contributed by atoms with van der Waals surface area (Å²) in [7, 11) is 1.67. The van der Waals surface area contributed by atoms with Gasteiger partial charge in [-0.15, -0.1) is 0 Å². The number of fused-ring (bicyclic) bond motifs is 3. The molecule has 39 heavy (non-hydrogen) atoms. The topological polar surface area (TPSA) is 106 Å². The predicted molar refractivity (Wildman–Crippen MR) is 148 cm³/mol. The number of nitrogens with zero attached hydrogens (tertiary/aromatic N) is 5. The predicted octanol–water partition coefficient (Wildman–Crippen LogP) is 3.29. The van der Waals surface area contributed by atoms with E-state index in [0.717, 1.165) is 59.2 Å². The zero-order valence-electron chi connectivity index (χ0n) is 22.6. The molecule has 2 fully saturated rings. The van der Waals surface area contributed by atoms with E-state index in [2.05, 4.69) is 26.9 Å². The van der Waals surface area contributed by atoms with Crippen LogP contribution in [-0.2, 0) is 11.3 Å². The summed E-state index contributed by atoms with van der Waals surface area (Å²) in [5.41, 5.74) is 3.89. The molecule has 1 atom stereocenters. The molecule has 2 aliphatic rings. The van der Waals surface area contributed by atoms with Gasteiger partial charge >= 0.3 is 0 Å². The summed E-state index contributed by atoms with van der Waals surface area (Å²) in [6, 6.07) is 6.07. The van der Waals surface area contributed by atoms with Gasteiger partial charge in [0.25, 0.3) is 11.5 Å². The number of amides is 1. The van der Waals surface area contributed by atoms with E-state index in [0.29, 0.717) is 37.3 Å². The number of methoxy groups -OCH3 is 1. The zero-order valence-corrected chi connectivity index (χ0v) is 22.6. The van der Waals surface area contributed by atoms with Crippen molar-refractivity contribution < 1.29 is 14.3 Å². The molecule has 204 valence electrons. The molecule has 4 aromatic rings. The van der Waals surface area contributed by atoms with Crippen LogP contribution in [0.3, 0.4) is 0 Å². The number of piperazine rings is 1. The van der Waals surface area contributed by atoms with Crippen LogP contribution < -0.4 is 10.3 Å². The standard InChI is InChI=1S/C29H34N6O4/c1-18-12-25-23(27-24(28(36)32-25)15-31-35(27)21-5-10-39-11-6-21)13-22(18)29(37)34-9-8-33(19(2)16-34)17-20-14-30-7-4-26(20)38-3/h4,7,12-15,19,21H,5-6,8-11,16-17H2,1-3H3,(H,32,36)/t19-/m0/s1. The molecule has 10 nitrogen and oxygen atoms in total. The van der Waals surface area contributed by atoms with E-state index in [4.69, 9.17) is 9.47 Å². The van der Waals surface area contributed by atoms with Gasteiger partial charge in [0.15, 0.2) is 0 Å². The Hall–Kier alpha value is -3.76. The Morgan fingerprint density at radius 1 is 1.18 bits per heavy atom. The molecule has 0 radical (unpaired) electrons. The first kappa shape index (κ1) is 25.5. The molecule has 0 saturated carbocycles. The molecule has 1 amide bonds. The fourth-order valence-corrected chi connectivity index (χ4v) is 5.97. The number of hydrogen-bond acceptors (Lipinski definition) is 7. The van der Waals surface area contributed by atoms with Gasteiger partial charge in [0.05, 0.1) is 35.8 Å². The highest BCUT2D eigenvalue weighted by Crippen LogP contribution is 2.30. The maximum absolute atomic E-state index is 13.9. The number of H-pyrrole nitrogens is 1. The molecule has 1 N–H and O–H groups in total. The van der Waals surface area contributed by atoms with Gasteiger partial charge in [-0.1, -0.05) is 0 Å². The second kappa shape index (κ2) is 10.4. The molecule has 2 aliphatic heterocycles. The zero-order chi connectivity index (χ0) is 27.1. The Balaban J connectivity index is 1.29. The van der Waals surface area contributed by atoms with Crippen molar-refractivity contribution in [3.05, 3.63) is 63.8 Å². The number of aromatic amines is 1. The fraction of sp³-hybridized carbons (Fsp3) is 0.448. The molecular formula is C29H34N6O4. The van der Waals surface area contributed by atoms with Gasteiger partial charge in [-0.2, -0.15) is 5.10 Å². The van der Waals surface area contributed by atoms with Crippen LogP contribution in [0.15, 0.2) is 41.6 Å². The van der Waals surface area contributed by atoms with Crippen molar-refractivity contribution in [2.24, 2.45) is 0 Å². The van der Waals surface area contributed by atoms with Crippen molar-refractivity contribution in [1.29, 1.82) is 0 Å². The second-order valence-electron chi connectivity index (χ2n) is 10.6. The van der Waals surface area contributed by atoms with Crippen molar-refractivity contribution in [2.75, 3.05) is 40.0 Å². The largest absolute Gasteiger partial charge is 0.496 e. The van der Waals surface area contributed by atoms with Gasteiger partial charge in [0.1, 0.15) is 5.75 Å². The third-order valence-electron chi connectivity index (χ3n) is 8.18. The number of nitrogens with one attached hydrogen (secondary N) is 1. The smallest absolute Gasteiger partial charge is 0.259 e. The highest BCUT2D eigenvalue weighted by atomic mass is 16.5. The number of benzene rings is 1. The number of hydrogen-bond donors (Lipinski definition) is 1. The minimum atomic E-state index is -0.163. The number of aromatic nitrogens is 4. The van der Waals surface area contributed by atoms with Crippen molar-refractivity contribution in [3.63, 3.8) is 0 Å². The average molecular weight is 531 g/mol. The van der Waals surface area contributed by atoms with Crippen LogP contribution in [0.1, 0.15) is 47.3 Å². The Morgan fingerprint density at radius 2 is 2.00 bits per heavy atom. The summed E-state index contributed by atoms with van der Waals surface area (Å²) >= 11 is 0. The van der Waals surface area contributed by atoms with Gasteiger partial charge in [0, 0.05) is 74.3 Å². The third-order valence-corrected chi connectivity index (χ3v) is 8.18. The summed E-state index contributed by atoms with van der Waals surface area (Å²) in [6.07, 6.45) is 6.90. The van der Waals surface area contributed by atoms with E-state index in [1.54, 1.807) is 19.5 Å². The fourth-order valence-electron chi connectivity index (χ4n) is 5.97. The highest BCUT2D eigenvalue weighted by molar-refractivity contribution is 6.07. The Kier molecular flexibility index (Phi) is 6.82. The van der Waals surface area contributed by atoms with Crippen molar-refractivity contribution in [2.45, 2.75) is 45.3 Å². The Morgan fingerprint density at radius 3 is 2.77 bits per heavy atom. The maximum atomic E-state index is 13.9. The first-order chi connectivity index (χ1) is 18.9. The summed E-state index contributed by atoms with van der Waals surface area (Å²) in [6.45, 7) is 8.16. The monoisotopic (exact) mass is 530 g/mol. The highest BCUT2D eigenvalue weighted by Gasteiger charge is 2.29. The van der Waals surface area contributed by atoms with E-state index in [-0.39, 0.29) is 23.6 Å². The van der Waals surface area contributed by atoms with E-state index in [1.165, 1.54) is 0 Å². The molecule has 0 spiro atoms. The molecule has 0 bridgehead atoms. The number of carbonyl (C=O) groups excluding carboxylic acids is 1. The first-order valence-corrected chi connectivity index (χ1v) is 13.6. The van der Waals surface area contributed by atoms with Gasteiger partial charge in [-0.25, -0.2) is 0 Å². The van der Waals surface area contributed by atoms with Gasteiger partial charge < -0.3 is 19.4 Å². The summed E-state index contributed by atoms with van der Waals surface area (Å²) in [4.78, 5) is 38.3. The second-order valence-corrected chi connectivity index (χ2v) is 10.6. The Labute approximate surface area is 226 Å². The third kappa shape index (κ3) is 4.68. The van der Waals surface area contributed by atoms with Crippen LogP contribution in [-0.4, -0.2) is 81.5 Å². The van der Waals surface area contributed by atoms with Crippen LogP contribution in [0.5, 0.6) is 5.75 Å². The number of ether oxygens (including phenoxy) is 2. The van der Waals surface area contributed by atoms with E-state index < -0.39 is 0 Å². The number of aryl methyl sites for hydroxylation is 1. The lowest BCUT2D eigenvalue weighted by Gasteiger charge is -2.40.